The quantitative estimate of drug-likeness (QED) is 0.576. The molecular formula is C28H35NO6. The van der Waals surface area contributed by atoms with Crippen molar-refractivity contribution in [3.63, 3.8) is 0 Å². The van der Waals surface area contributed by atoms with Gasteiger partial charge < -0.3 is 24.2 Å². The van der Waals surface area contributed by atoms with Crippen molar-refractivity contribution in [1.29, 1.82) is 0 Å². The number of aliphatic carboxylic acids is 1. The van der Waals surface area contributed by atoms with Gasteiger partial charge in [-0.2, -0.15) is 0 Å². The second kappa shape index (κ2) is 14.6. The fourth-order valence-electron chi connectivity index (χ4n) is 3.33. The maximum absolute atomic E-state index is 12.3. The molecule has 0 saturated carbocycles. The van der Waals surface area contributed by atoms with Crippen LogP contribution in [-0.4, -0.2) is 60.4 Å². The molecule has 1 aliphatic heterocycles. The van der Waals surface area contributed by atoms with Crippen molar-refractivity contribution in [2.45, 2.75) is 39.9 Å². The van der Waals surface area contributed by atoms with Crippen molar-refractivity contribution < 1.29 is 28.9 Å². The number of para-hydroxylation sites is 2. The van der Waals surface area contributed by atoms with Gasteiger partial charge in [0.1, 0.15) is 11.5 Å². The van der Waals surface area contributed by atoms with Crippen molar-refractivity contribution in [3.8, 4) is 11.5 Å². The van der Waals surface area contributed by atoms with E-state index in [0.717, 1.165) is 16.9 Å². The number of hydrogen-bond acceptors (Lipinski definition) is 5. The molecular weight excluding hydrogens is 446 g/mol. The lowest BCUT2D eigenvalue weighted by atomic mass is 10.2. The maximum atomic E-state index is 12.3. The SMILES string of the molecule is CC=Cc1ccccc1OC(C)C(=O)N1CCOCC1.CC=Cc1ccccc1OC(C)C(=O)O. The van der Waals surface area contributed by atoms with E-state index in [9.17, 15) is 9.59 Å². The Bertz CT molecular complexity index is 1010. The first kappa shape index (κ1) is 27.7. The van der Waals surface area contributed by atoms with Gasteiger partial charge in [-0.05, 0) is 39.8 Å². The fourth-order valence-corrected chi connectivity index (χ4v) is 3.33. The number of morpholine rings is 1. The molecule has 2 aromatic carbocycles. The zero-order valence-corrected chi connectivity index (χ0v) is 20.8. The minimum absolute atomic E-state index is 0.0172. The zero-order chi connectivity index (χ0) is 25.6. The average molecular weight is 482 g/mol. The van der Waals surface area contributed by atoms with E-state index in [1.54, 1.807) is 17.9 Å². The van der Waals surface area contributed by atoms with E-state index in [-0.39, 0.29) is 5.91 Å². The van der Waals surface area contributed by atoms with E-state index < -0.39 is 18.2 Å². The summed E-state index contributed by atoms with van der Waals surface area (Å²) in [5.74, 6) is 0.374. The van der Waals surface area contributed by atoms with Crippen LogP contribution in [-0.2, 0) is 14.3 Å². The number of benzene rings is 2. The van der Waals surface area contributed by atoms with Crippen molar-refractivity contribution in [1.82, 2.24) is 4.90 Å². The molecule has 7 heteroatoms. The average Bonchev–Trinajstić information content (AvgIpc) is 2.87. The number of carboxylic acid groups (broad SMARTS) is 1. The molecule has 7 nitrogen and oxygen atoms in total. The first-order valence-electron chi connectivity index (χ1n) is 11.7. The molecule has 1 N–H and O–H groups in total. The summed E-state index contributed by atoms with van der Waals surface area (Å²) in [6.07, 6.45) is 6.37. The number of nitrogens with zero attached hydrogens (tertiary/aromatic N) is 1. The Labute approximate surface area is 207 Å². The van der Waals surface area contributed by atoms with Crippen LogP contribution in [0, 0.1) is 0 Å². The molecule has 1 aliphatic rings. The molecule has 0 bridgehead atoms. The number of amides is 1. The standard InChI is InChI=1S/C16H21NO3.C12H14O3/c1-3-6-14-7-4-5-8-15(14)20-13(2)16(18)17-9-11-19-12-10-17;1-3-6-10-7-4-5-8-11(10)15-9(2)12(13)14/h3-8,13H,9-12H2,1-2H3;3-9H,1-2H3,(H,13,14). The van der Waals surface area contributed by atoms with Gasteiger partial charge in [-0.25, -0.2) is 4.79 Å². The highest BCUT2D eigenvalue weighted by Gasteiger charge is 2.24. The predicted octanol–water partition coefficient (Wildman–Crippen LogP) is 4.92. The van der Waals surface area contributed by atoms with Gasteiger partial charge in [0.15, 0.2) is 12.2 Å². The number of ether oxygens (including phenoxy) is 3. The van der Waals surface area contributed by atoms with Gasteiger partial charge in [0.25, 0.3) is 5.91 Å². The smallest absolute Gasteiger partial charge is 0.344 e. The van der Waals surface area contributed by atoms with E-state index in [0.29, 0.717) is 32.1 Å². The van der Waals surface area contributed by atoms with Crippen LogP contribution < -0.4 is 9.47 Å². The molecule has 1 amide bonds. The summed E-state index contributed by atoms with van der Waals surface area (Å²) in [5, 5.41) is 8.72. The Balaban J connectivity index is 0.000000258. The largest absolute Gasteiger partial charge is 0.480 e. The first-order chi connectivity index (χ1) is 16.9. The van der Waals surface area contributed by atoms with Crippen LogP contribution in [0.5, 0.6) is 11.5 Å². The molecule has 2 unspecified atom stereocenters. The fraction of sp³-hybridized carbons (Fsp3) is 0.357. The number of carbonyl (C=O) groups excluding carboxylic acids is 1. The van der Waals surface area contributed by atoms with Crippen LogP contribution in [0.1, 0.15) is 38.8 Å². The van der Waals surface area contributed by atoms with E-state index in [1.165, 1.54) is 6.92 Å². The van der Waals surface area contributed by atoms with Crippen molar-refractivity contribution in [2.24, 2.45) is 0 Å². The highest BCUT2D eigenvalue weighted by Crippen LogP contribution is 2.22. The third-order valence-electron chi connectivity index (χ3n) is 5.16. The number of carbonyl (C=O) groups is 2. The van der Waals surface area contributed by atoms with Gasteiger partial charge in [0, 0.05) is 24.2 Å². The Morgan fingerprint density at radius 2 is 1.31 bits per heavy atom. The maximum Gasteiger partial charge on any atom is 0.344 e. The van der Waals surface area contributed by atoms with Crippen LogP contribution in [0.25, 0.3) is 12.2 Å². The summed E-state index contributed by atoms with van der Waals surface area (Å²) in [6, 6.07) is 15.1. The van der Waals surface area contributed by atoms with Gasteiger partial charge in [-0.15, -0.1) is 0 Å². The van der Waals surface area contributed by atoms with Gasteiger partial charge >= 0.3 is 5.97 Å². The van der Waals surface area contributed by atoms with E-state index in [2.05, 4.69) is 0 Å². The van der Waals surface area contributed by atoms with Crippen LogP contribution in [0.3, 0.4) is 0 Å². The number of hydrogen-bond donors (Lipinski definition) is 1. The normalized spacial score (nSPS) is 15.3. The Hall–Kier alpha value is -3.58. The minimum Gasteiger partial charge on any atom is -0.480 e. The zero-order valence-electron chi connectivity index (χ0n) is 20.8. The van der Waals surface area contributed by atoms with Gasteiger partial charge in [-0.3, -0.25) is 4.79 Å². The summed E-state index contributed by atoms with van der Waals surface area (Å²) in [6.45, 7) is 9.66. The molecule has 0 aliphatic carbocycles. The van der Waals surface area contributed by atoms with Crippen LogP contribution in [0.2, 0.25) is 0 Å². The summed E-state index contributed by atoms with van der Waals surface area (Å²) >= 11 is 0. The second-order valence-corrected chi connectivity index (χ2v) is 7.87. The molecule has 0 aromatic heterocycles. The third kappa shape index (κ3) is 8.94. The summed E-state index contributed by atoms with van der Waals surface area (Å²) in [7, 11) is 0. The third-order valence-corrected chi connectivity index (χ3v) is 5.16. The molecule has 1 saturated heterocycles. The summed E-state index contributed by atoms with van der Waals surface area (Å²) < 4.78 is 16.4. The van der Waals surface area contributed by atoms with Crippen LogP contribution in [0.4, 0.5) is 0 Å². The Morgan fingerprint density at radius 1 is 0.857 bits per heavy atom. The van der Waals surface area contributed by atoms with Crippen LogP contribution >= 0.6 is 0 Å². The molecule has 188 valence electrons. The molecule has 0 spiro atoms. The Kier molecular flexibility index (Phi) is 11.6. The summed E-state index contributed by atoms with van der Waals surface area (Å²) in [4.78, 5) is 24.7. The van der Waals surface area contributed by atoms with E-state index >= 15 is 0 Å². The molecule has 3 rings (SSSR count). The lowest BCUT2D eigenvalue weighted by molar-refractivity contribution is -0.144. The lowest BCUT2D eigenvalue weighted by Crippen LogP contribution is -2.46. The molecule has 1 heterocycles. The lowest BCUT2D eigenvalue weighted by Gasteiger charge is -2.29. The molecule has 1 fully saturated rings. The molecule has 2 atom stereocenters. The van der Waals surface area contributed by atoms with Gasteiger partial charge in [-0.1, -0.05) is 60.7 Å². The predicted molar refractivity (Wildman–Crippen MR) is 138 cm³/mol. The van der Waals surface area contributed by atoms with Crippen molar-refractivity contribution >= 4 is 24.0 Å². The first-order valence-corrected chi connectivity index (χ1v) is 11.7. The van der Waals surface area contributed by atoms with Crippen LogP contribution in [0.15, 0.2) is 60.7 Å². The second-order valence-electron chi connectivity index (χ2n) is 7.87. The van der Waals surface area contributed by atoms with Gasteiger partial charge in [0.05, 0.1) is 13.2 Å². The summed E-state index contributed by atoms with van der Waals surface area (Å²) in [5.41, 5.74) is 1.87. The number of carboxylic acids is 1. The highest BCUT2D eigenvalue weighted by atomic mass is 16.5. The topological polar surface area (TPSA) is 85.3 Å². The molecule has 2 aromatic rings. The monoisotopic (exact) mass is 481 g/mol. The van der Waals surface area contributed by atoms with E-state index in [1.807, 2.05) is 80.6 Å². The highest BCUT2D eigenvalue weighted by molar-refractivity contribution is 5.81. The van der Waals surface area contributed by atoms with Gasteiger partial charge in [0.2, 0.25) is 0 Å². The minimum atomic E-state index is -0.967. The van der Waals surface area contributed by atoms with E-state index in [4.69, 9.17) is 19.3 Å². The Morgan fingerprint density at radius 3 is 1.77 bits per heavy atom. The number of rotatable bonds is 8. The van der Waals surface area contributed by atoms with Crippen molar-refractivity contribution in [2.75, 3.05) is 26.3 Å². The molecule has 35 heavy (non-hydrogen) atoms. The number of allylic oxidation sites excluding steroid dienone is 2. The molecule has 0 radical (unpaired) electrons. The van der Waals surface area contributed by atoms with Crippen molar-refractivity contribution in [3.05, 3.63) is 71.8 Å².